The third-order valence-electron chi connectivity index (χ3n) is 11.8. The van der Waals surface area contributed by atoms with Gasteiger partial charge in [0.15, 0.2) is 21.3 Å². The monoisotopic (exact) mass is 1120 g/mol. The van der Waals surface area contributed by atoms with Crippen LogP contribution < -0.4 is 10.0 Å². The van der Waals surface area contributed by atoms with E-state index in [0.717, 1.165) is 16.8 Å². The van der Waals surface area contributed by atoms with E-state index in [0.29, 0.717) is 18.9 Å². The summed E-state index contributed by atoms with van der Waals surface area (Å²) >= 11 is 8.42. The normalized spacial score (nSPS) is 18.4. The number of hydrogen-bond donors (Lipinski definition) is 2. The van der Waals surface area contributed by atoms with Crippen LogP contribution in [-0.4, -0.2) is 69.5 Å². The molecule has 0 unspecified atom stereocenters. The van der Waals surface area contributed by atoms with Crippen molar-refractivity contribution in [1.82, 2.24) is 29.9 Å². The van der Waals surface area contributed by atoms with E-state index >= 15 is 8.78 Å². The molecular formula is C42H36ClF9IN7O5S2. The van der Waals surface area contributed by atoms with Crippen molar-refractivity contribution in [2.45, 2.75) is 100 Å². The van der Waals surface area contributed by atoms with Gasteiger partial charge in [-0.3, -0.25) is 18.9 Å². The summed E-state index contributed by atoms with van der Waals surface area (Å²) in [5.74, 6) is -5.07. The molecule has 3 heterocycles. The number of nitrogens with one attached hydrogen (secondary N) is 2. The Morgan fingerprint density at radius 3 is 2.30 bits per heavy atom. The number of hydrogen-bond acceptors (Lipinski definition) is 8. The second-order valence-electron chi connectivity index (χ2n) is 16.9. The molecule has 5 aromatic rings. The number of anilines is 1. The average molecular weight is 1120 g/mol. The first-order chi connectivity index (χ1) is 31.1. The molecule has 2 aromatic carbocycles. The lowest BCUT2D eigenvalue weighted by atomic mass is 9.93. The first kappa shape index (κ1) is 48.8. The number of rotatable bonds is 14. The number of sulfone groups is 1. The smallest absolute Gasteiger partial charge is 0.346 e. The molecule has 3 atom stereocenters. The van der Waals surface area contributed by atoms with E-state index in [1.165, 1.54) is 39.0 Å². The van der Waals surface area contributed by atoms with Crippen LogP contribution in [0.25, 0.3) is 22.0 Å². The maximum atomic E-state index is 15.6. The highest BCUT2D eigenvalue weighted by atomic mass is 127. The van der Waals surface area contributed by atoms with Crippen LogP contribution in [0, 0.1) is 33.0 Å². The topological polar surface area (TPSA) is 158 Å². The van der Waals surface area contributed by atoms with Gasteiger partial charge in [0.25, 0.3) is 12.3 Å². The Bertz CT molecular complexity index is 3150. The minimum atomic E-state index is -5.16. The van der Waals surface area contributed by atoms with Crippen molar-refractivity contribution in [3.05, 3.63) is 90.5 Å². The second-order valence-corrected chi connectivity index (χ2v) is 23.3. The first-order valence-corrected chi connectivity index (χ1v) is 25.0. The first-order valence-electron chi connectivity index (χ1n) is 20.4. The van der Waals surface area contributed by atoms with E-state index < -0.39 is 132 Å². The van der Waals surface area contributed by atoms with Gasteiger partial charge in [0.2, 0.25) is 15.9 Å². The summed E-state index contributed by atoms with van der Waals surface area (Å²) in [5, 5.41) is 9.16. The highest BCUT2D eigenvalue weighted by Crippen LogP contribution is 2.68. The molecule has 0 spiro atoms. The number of sulfonamides is 1. The maximum absolute atomic E-state index is 15.6. The standard InChI is InChI=1S/C42H36ClF9IN7O5S2/c1-4-66(62,63)58-39-34-27(43)8-7-23(36(34)59(57-39)17-31(46)47)24-16-28(53)29(9-10-40(2,3)67(64,65)22-5-6-22)55-35(24)30(13-19-11-20(44)14-21(45)12-19)54-32(61)18-60-38-33(37(56-60)42(50,51)52)25-15-26(25)41(38,48)49/h7-8,11-12,14,16,22,25-26,30-31H,4-6,13,15,17-18H2,1-3H3,(H,54,61)(H,57,58)/t25-,26+,30-/m0/s1. The molecule has 8 rings (SSSR count). The van der Waals surface area contributed by atoms with E-state index in [4.69, 9.17) is 16.6 Å². The molecule has 0 bridgehead atoms. The number of halogens is 11. The molecule has 67 heavy (non-hydrogen) atoms. The fourth-order valence-electron chi connectivity index (χ4n) is 8.35. The third-order valence-corrected chi connectivity index (χ3v) is 17.0. The lowest BCUT2D eigenvalue weighted by Crippen LogP contribution is -2.35. The highest BCUT2D eigenvalue weighted by Gasteiger charge is 2.68. The number of fused-ring (bicyclic) bond motifs is 4. The van der Waals surface area contributed by atoms with E-state index in [9.17, 15) is 52.4 Å². The Morgan fingerprint density at radius 1 is 1.01 bits per heavy atom. The van der Waals surface area contributed by atoms with Crippen LogP contribution >= 0.6 is 34.2 Å². The summed E-state index contributed by atoms with van der Waals surface area (Å²) < 4.78 is 186. The molecule has 0 radical (unpaired) electrons. The summed E-state index contributed by atoms with van der Waals surface area (Å²) in [6.07, 6.45) is -8.17. The molecule has 0 saturated heterocycles. The van der Waals surface area contributed by atoms with Crippen molar-refractivity contribution in [1.29, 1.82) is 0 Å². The summed E-state index contributed by atoms with van der Waals surface area (Å²) in [6, 6.07) is 4.74. The predicted octanol–water partition coefficient (Wildman–Crippen LogP) is 8.89. The molecule has 12 nitrogen and oxygen atoms in total. The second kappa shape index (κ2) is 17.1. The summed E-state index contributed by atoms with van der Waals surface area (Å²) in [7, 11) is -7.90. The number of carbonyl (C=O) groups is 1. The summed E-state index contributed by atoms with van der Waals surface area (Å²) in [4.78, 5) is 18.9. The Morgan fingerprint density at radius 2 is 1.69 bits per heavy atom. The molecule has 25 heteroatoms. The van der Waals surface area contributed by atoms with Gasteiger partial charge in [-0.05, 0) is 111 Å². The minimum absolute atomic E-state index is 0.0330. The zero-order chi connectivity index (χ0) is 48.9. The van der Waals surface area contributed by atoms with Crippen LogP contribution in [0.4, 0.5) is 45.3 Å². The molecule has 3 aliphatic rings. The number of aromatic nitrogens is 5. The number of alkyl halides is 7. The van der Waals surface area contributed by atoms with Crippen LogP contribution in [0.1, 0.15) is 85.9 Å². The largest absolute Gasteiger partial charge is 0.435 e. The molecule has 2 saturated carbocycles. The van der Waals surface area contributed by atoms with Gasteiger partial charge in [0.1, 0.15) is 40.9 Å². The van der Waals surface area contributed by atoms with Gasteiger partial charge in [0.05, 0.1) is 38.7 Å². The molecule has 0 aliphatic heterocycles. The van der Waals surface area contributed by atoms with Crippen LogP contribution in [0.3, 0.4) is 0 Å². The molecule has 2 fully saturated rings. The van der Waals surface area contributed by atoms with Gasteiger partial charge in [-0.25, -0.2) is 39.4 Å². The lowest BCUT2D eigenvalue weighted by Gasteiger charge is -2.24. The van der Waals surface area contributed by atoms with Crippen molar-refractivity contribution >= 4 is 76.7 Å². The van der Waals surface area contributed by atoms with Crippen molar-refractivity contribution in [3.8, 4) is 23.0 Å². The number of nitrogens with zero attached hydrogens (tertiary/aromatic N) is 5. The number of amides is 1. The number of pyridine rings is 1. The summed E-state index contributed by atoms with van der Waals surface area (Å²) in [6.45, 7) is 1.75. The Labute approximate surface area is 395 Å². The Hall–Kier alpha value is -4.61. The SMILES string of the molecule is CCS(=O)(=O)Nc1nn(CC(F)F)c2c(-c3cc(I)c(C#CC(C)(C)S(=O)(=O)C4CC4)nc3[C@H](Cc3cc(F)cc(F)c3)NC(=O)Cn3nc(C(F)(F)F)c4c3C(F)(F)[C@@H]3C[C@H]43)ccc(Cl)c12. The zero-order valence-corrected chi connectivity index (χ0v) is 39.6. The summed E-state index contributed by atoms with van der Waals surface area (Å²) in [5.41, 5.74) is -4.16. The van der Waals surface area contributed by atoms with Crippen LogP contribution in [0.5, 0.6) is 0 Å². The van der Waals surface area contributed by atoms with Crippen molar-refractivity contribution in [2.24, 2.45) is 5.92 Å². The lowest BCUT2D eigenvalue weighted by molar-refractivity contribution is -0.142. The molecular weight excluding hydrogens is 1080 g/mol. The van der Waals surface area contributed by atoms with Gasteiger partial charge >= 0.3 is 6.18 Å². The van der Waals surface area contributed by atoms with Gasteiger partial charge in [-0.15, -0.1) is 0 Å². The highest BCUT2D eigenvalue weighted by molar-refractivity contribution is 14.1. The van der Waals surface area contributed by atoms with Gasteiger partial charge in [0, 0.05) is 32.2 Å². The van der Waals surface area contributed by atoms with E-state index in [1.807, 2.05) is 22.6 Å². The predicted molar refractivity (Wildman–Crippen MR) is 236 cm³/mol. The fraction of sp³-hybridized carbons (Fsp3) is 0.429. The molecule has 3 aromatic heterocycles. The van der Waals surface area contributed by atoms with Crippen molar-refractivity contribution in [2.75, 3.05) is 10.5 Å². The van der Waals surface area contributed by atoms with Gasteiger partial charge < -0.3 is 5.32 Å². The Kier molecular flexibility index (Phi) is 12.5. The van der Waals surface area contributed by atoms with E-state index in [1.54, 1.807) is 0 Å². The van der Waals surface area contributed by atoms with E-state index in [2.05, 4.69) is 32.1 Å². The molecule has 3 aliphatic carbocycles. The zero-order valence-electron chi connectivity index (χ0n) is 35.1. The van der Waals surface area contributed by atoms with Crippen LogP contribution in [0.2, 0.25) is 5.02 Å². The van der Waals surface area contributed by atoms with Gasteiger partial charge in [-0.1, -0.05) is 23.6 Å². The van der Waals surface area contributed by atoms with Gasteiger partial charge in [-0.2, -0.15) is 32.1 Å². The van der Waals surface area contributed by atoms with Crippen molar-refractivity contribution in [3.63, 3.8) is 0 Å². The number of benzene rings is 2. The van der Waals surface area contributed by atoms with E-state index in [-0.39, 0.29) is 58.7 Å². The Balaban J connectivity index is 1.34. The fourth-order valence-corrected chi connectivity index (χ4v) is 11.5. The minimum Gasteiger partial charge on any atom is -0.346 e. The van der Waals surface area contributed by atoms with Crippen molar-refractivity contribution < 1.29 is 61.1 Å². The molecule has 2 N–H and O–H groups in total. The molecule has 358 valence electrons. The quantitative estimate of drug-likeness (QED) is 0.0635. The van der Waals surface area contributed by atoms with Crippen LogP contribution in [0.15, 0.2) is 36.4 Å². The molecule has 1 amide bonds. The third kappa shape index (κ3) is 9.32. The van der Waals surface area contributed by atoms with Crippen LogP contribution in [-0.2, 0) is 56.3 Å². The average Bonchev–Trinajstić information content (AvgIpc) is 4.13. The number of carbonyl (C=O) groups excluding carboxylic acids is 1. The maximum Gasteiger partial charge on any atom is 0.435 e.